The summed E-state index contributed by atoms with van der Waals surface area (Å²) in [4.78, 5) is 2.24. The van der Waals surface area contributed by atoms with Gasteiger partial charge >= 0.3 is 0 Å². The minimum Gasteiger partial charge on any atom is -0.280 e. The highest BCUT2D eigenvalue weighted by atomic mass is 32.2. The van der Waals surface area contributed by atoms with Crippen molar-refractivity contribution < 1.29 is 8.42 Å². The number of benzene rings is 1. The van der Waals surface area contributed by atoms with E-state index in [2.05, 4.69) is 16.9 Å². The number of rotatable bonds is 6. The van der Waals surface area contributed by atoms with E-state index in [1.165, 1.54) is 0 Å². The average Bonchev–Trinajstić information content (AvgIpc) is 3.14. The highest BCUT2D eigenvalue weighted by Crippen LogP contribution is 2.20. The highest BCUT2D eigenvalue weighted by molar-refractivity contribution is 7.91. The molecule has 0 N–H and O–H groups in total. The maximum Gasteiger partial charge on any atom is 0.151 e. The zero-order valence-corrected chi connectivity index (χ0v) is 14.2. The highest BCUT2D eigenvalue weighted by Gasteiger charge is 2.32. The zero-order valence-electron chi connectivity index (χ0n) is 13.4. The average molecular weight is 333 g/mol. The van der Waals surface area contributed by atoms with Crippen LogP contribution in [0.25, 0.3) is 11.3 Å². The Morgan fingerprint density at radius 2 is 2.04 bits per heavy atom. The fraction of sp³-hybridized carbons (Fsp3) is 0.471. The minimum absolute atomic E-state index is 0.115. The molecule has 2 aromatic rings. The summed E-state index contributed by atoms with van der Waals surface area (Å²) in [6, 6.07) is 12.2. The lowest BCUT2D eigenvalue weighted by Gasteiger charge is -2.27. The van der Waals surface area contributed by atoms with E-state index in [1.807, 2.05) is 47.3 Å². The van der Waals surface area contributed by atoms with Crippen LogP contribution in [0, 0.1) is 0 Å². The topological polar surface area (TPSA) is 55.2 Å². The Hall–Kier alpha value is -1.66. The lowest BCUT2D eigenvalue weighted by atomic mass is 10.2. The van der Waals surface area contributed by atoms with Crippen LogP contribution in [0.3, 0.4) is 0 Å². The fourth-order valence-corrected chi connectivity index (χ4v) is 4.87. The van der Waals surface area contributed by atoms with E-state index >= 15 is 0 Å². The summed E-state index contributed by atoms with van der Waals surface area (Å²) in [6.45, 7) is 3.65. The Bertz CT molecular complexity index is 740. The molecule has 1 aliphatic rings. The van der Waals surface area contributed by atoms with Gasteiger partial charge in [-0.05, 0) is 25.5 Å². The van der Waals surface area contributed by atoms with E-state index in [0.717, 1.165) is 30.6 Å². The van der Waals surface area contributed by atoms with Gasteiger partial charge in [-0.3, -0.25) is 9.58 Å². The van der Waals surface area contributed by atoms with Gasteiger partial charge in [0, 0.05) is 17.8 Å². The van der Waals surface area contributed by atoms with E-state index in [1.54, 1.807) is 0 Å². The molecule has 3 rings (SSSR count). The molecule has 5 nitrogen and oxygen atoms in total. The van der Waals surface area contributed by atoms with Gasteiger partial charge in [0.1, 0.15) is 0 Å². The third-order valence-corrected chi connectivity index (χ3v) is 6.02. The summed E-state index contributed by atoms with van der Waals surface area (Å²) in [5.41, 5.74) is 2.04. The molecule has 1 atom stereocenters. The van der Waals surface area contributed by atoms with Gasteiger partial charge in [-0.1, -0.05) is 37.3 Å². The molecule has 0 saturated carbocycles. The van der Waals surface area contributed by atoms with Crippen molar-refractivity contribution in [1.82, 2.24) is 14.7 Å². The first-order chi connectivity index (χ1) is 11.1. The fourth-order valence-electron chi connectivity index (χ4n) is 3.11. The number of aromatic nitrogens is 2. The molecule has 0 bridgehead atoms. The third-order valence-electron chi connectivity index (χ3n) is 4.27. The summed E-state index contributed by atoms with van der Waals surface area (Å²) in [5.74, 6) is 0.589. The van der Waals surface area contributed by atoms with Crippen LogP contribution in [-0.2, 0) is 16.5 Å². The Kier molecular flexibility index (Phi) is 4.82. The van der Waals surface area contributed by atoms with Crippen molar-refractivity contribution in [3.8, 4) is 11.3 Å². The molecule has 1 aliphatic heterocycles. The van der Waals surface area contributed by atoms with Crippen LogP contribution in [0.2, 0.25) is 0 Å². The normalized spacial score (nSPS) is 20.2. The largest absolute Gasteiger partial charge is 0.280 e. The zero-order chi connectivity index (χ0) is 16.3. The Labute approximate surface area is 137 Å². The van der Waals surface area contributed by atoms with Crippen molar-refractivity contribution in [2.24, 2.45) is 0 Å². The molecular weight excluding hydrogens is 310 g/mol. The van der Waals surface area contributed by atoms with Crippen LogP contribution >= 0.6 is 0 Å². The molecule has 0 radical (unpaired) electrons. The summed E-state index contributed by atoms with van der Waals surface area (Å²) in [6.07, 6.45) is 3.70. The standard InChI is InChI=1S/C17H23N3O2S/c1-2-10-19(16-9-12-23(21,22)13-16)14-20-11-8-17(18-20)15-6-4-3-5-7-15/h3-8,11,16H,2,9-10,12-14H2,1H3. The van der Waals surface area contributed by atoms with Crippen molar-refractivity contribution in [2.75, 3.05) is 18.1 Å². The summed E-state index contributed by atoms with van der Waals surface area (Å²) >= 11 is 0. The summed E-state index contributed by atoms with van der Waals surface area (Å²) < 4.78 is 25.4. The van der Waals surface area contributed by atoms with Crippen LogP contribution in [-0.4, -0.2) is 47.2 Å². The third kappa shape index (κ3) is 4.00. The smallest absolute Gasteiger partial charge is 0.151 e. The van der Waals surface area contributed by atoms with Gasteiger partial charge in [0.2, 0.25) is 0 Å². The maximum atomic E-state index is 11.7. The van der Waals surface area contributed by atoms with Crippen molar-refractivity contribution in [3.05, 3.63) is 42.6 Å². The molecule has 1 unspecified atom stereocenters. The van der Waals surface area contributed by atoms with Crippen molar-refractivity contribution in [1.29, 1.82) is 0 Å². The number of hydrogen-bond donors (Lipinski definition) is 0. The van der Waals surface area contributed by atoms with Gasteiger partial charge in [-0.2, -0.15) is 5.10 Å². The first-order valence-electron chi connectivity index (χ1n) is 8.11. The van der Waals surface area contributed by atoms with E-state index < -0.39 is 9.84 Å². The number of sulfone groups is 1. The molecule has 0 aliphatic carbocycles. The van der Waals surface area contributed by atoms with E-state index in [-0.39, 0.29) is 11.8 Å². The maximum absolute atomic E-state index is 11.7. The molecule has 6 heteroatoms. The first-order valence-corrected chi connectivity index (χ1v) is 9.93. The van der Waals surface area contributed by atoms with Crippen LogP contribution in [0.15, 0.2) is 42.6 Å². The van der Waals surface area contributed by atoms with Crippen molar-refractivity contribution in [3.63, 3.8) is 0 Å². The number of nitrogens with zero attached hydrogens (tertiary/aromatic N) is 3. The predicted molar refractivity (Wildman–Crippen MR) is 91.7 cm³/mol. The van der Waals surface area contributed by atoms with Crippen LogP contribution in [0.5, 0.6) is 0 Å². The first kappa shape index (κ1) is 16.2. The van der Waals surface area contributed by atoms with Gasteiger partial charge in [0.15, 0.2) is 9.84 Å². The second-order valence-corrected chi connectivity index (χ2v) is 8.35. The molecule has 1 fully saturated rings. The molecule has 0 amide bonds. The lowest BCUT2D eigenvalue weighted by Crippen LogP contribution is -2.38. The van der Waals surface area contributed by atoms with E-state index in [4.69, 9.17) is 0 Å². The van der Waals surface area contributed by atoms with Crippen LogP contribution in [0.4, 0.5) is 0 Å². The molecule has 23 heavy (non-hydrogen) atoms. The molecule has 0 spiro atoms. The lowest BCUT2D eigenvalue weighted by molar-refractivity contribution is 0.157. The molecule has 124 valence electrons. The minimum atomic E-state index is -2.86. The monoisotopic (exact) mass is 333 g/mol. The van der Waals surface area contributed by atoms with Gasteiger partial charge in [-0.15, -0.1) is 0 Å². The second kappa shape index (κ2) is 6.84. The predicted octanol–water partition coefficient (Wildman–Crippen LogP) is 2.41. The SMILES string of the molecule is CCCN(Cn1ccc(-c2ccccc2)n1)C1CCS(=O)(=O)C1. The molecular formula is C17H23N3O2S. The summed E-state index contributed by atoms with van der Waals surface area (Å²) in [7, 11) is -2.86. The molecule has 2 heterocycles. The van der Waals surface area contributed by atoms with Gasteiger partial charge in [-0.25, -0.2) is 8.42 Å². The molecule has 1 saturated heterocycles. The quantitative estimate of drug-likeness (QED) is 0.814. The Morgan fingerprint density at radius 3 is 2.70 bits per heavy atom. The van der Waals surface area contributed by atoms with E-state index in [0.29, 0.717) is 12.4 Å². The van der Waals surface area contributed by atoms with Crippen LogP contribution < -0.4 is 0 Å². The van der Waals surface area contributed by atoms with Crippen LogP contribution in [0.1, 0.15) is 19.8 Å². The molecule has 1 aromatic carbocycles. The second-order valence-electron chi connectivity index (χ2n) is 6.12. The van der Waals surface area contributed by atoms with Gasteiger partial charge < -0.3 is 0 Å². The van der Waals surface area contributed by atoms with Crippen molar-refractivity contribution >= 4 is 9.84 Å². The Balaban J connectivity index is 1.72. The Morgan fingerprint density at radius 1 is 1.26 bits per heavy atom. The number of hydrogen-bond acceptors (Lipinski definition) is 4. The van der Waals surface area contributed by atoms with Gasteiger partial charge in [0.05, 0.1) is 23.9 Å². The van der Waals surface area contributed by atoms with E-state index in [9.17, 15) is 8.42 Å². The van der Waals surface area contributed by atoms with Gasteiger partial charge in [0.25, 0.3) is 0 Å². The van der Waals surface area contributed by atoms with Crippen molar-refractivity contribution in [2.45, 2.75) is 32.5 Å². The molecule has 1 aromatic heterocycles. The summed E-state index contributed by atoms with van der Waals surface area (Å²) in [5, 5.41) is 4.64.